The van der Waals surface area contributed by atoms with Crippen molar-refractivity contribution < 1.29 is 0 Å². The number of likely N-dealkylation sites (N-methyl/N-ethyl adjacent to an activating group) is 1. The minimum Gasteiger partial charge on any atom is -0.319 e. The van der Waals surface area contributed by atoms with Gasteiger partial charge in [-0.1, -0.05) is 18.0 Å². The van der Waals surface area contributed by atoms with Gasteiger partial charge in [0, 0.05) is 9.75 Å². The molecule has 0 amide bonds. The third-order valence-electron chi connectivity index (χ3n) is 2.86. The molecular formula is C11H16ClNS. The van der Waals surface area contributed by atoms with Gasteiger partial charge in [-0.05, 0) is 44.8 Å². The van der Waals surface area contributed by atoms with Crippen LogP contribution >= 0.6 is 22.9 Å². The number of hydrogen-bond donors (Lipinski definition) is 1. The van der Waals surface area contributed by atoms with Crippen LogP contribution in [-0.2, 0) is 6.42 Å². The van der Waals surface area contributed by atoms with E-state index in [9.17, 15) is 0 Å². The van der Waals surface area contributed by atoms with Crippen LogP contribution in [-0.4, -0.2) is 13.6 Å². The molecule has 1 N–H and O–H groups in total. The van der Waals surface area contributed by atoms with Gasteiger partial charge in [0.1, 0.15) is 0 Å². The van der Waals surface area contributed by atoms with Gasteiger partial charge in [0.15, 0.2) is 0 Å². The van der Waals surface area contributed by atoms with Crippen molar-refractivity contribution >= 4 is 22.9 Å². The molecule has 0 aliphatic heterocycles. The summed E-state index contributed by atoms with van der Waals surface area (Å²) in [5.74, 6) is 0.774. The van der Waals surface area contributed by atoms with E-state index in [4.69, 9.17) is 11.6 Å². The largest absolute Gasteiger partial charge is 0.319 e. The van der Waals surface area contributed by atoms with Crippen LogP contribution < -0.4 is 5.32 Å². The van der Waals surface area contributed by atoms with Crippen LogP contribution in [0.5, 0.6) is 0 Å². The maximum absolute atomic E-state index is 6.22. The lowest BCUT2D eigenvalue weighted by Gasteiger charge is -2.24. The summed E-state index contributed by atoms with van der Waals surface area (Å²) in [6.07, 6.45) is 5.16. The molecule has 0 aromatic carbocycles. The Hall–Kier alpha value is -0.0500. The van der Waals surface area contributed by atoms with Crippen LogP contribution in [0.3, 0.4) is 0 Å². The number of rotatable bonds is 4. The van der Waals surface area contributed by atoms with Gasteiger partial charge >= 0.3 is 0 Å². The Balaban J connectivity index is 2.04. The van der Waals surface area contributed by atoms with Gasteiger partial charge < -0.3 is 5.32 Å². The summed E-state index contributed by atoms with van der Waals surface area (Å²) < 4.78 is 0. The summed E-state index contributed by atoms with van der Waals surface area (Å²) in [4.78, 5) is 2.86. The number of hydrogen-bond acceptors (Lipinski definition) is 2. The van der Waals surface area contributed by atoms with E-state index >= 15 is 0 Å². The van der Waals surface area contributed by atoms with E-state index in [1.54, 1.807) is 0 Å². The highest BCUT2D eigenvalue weighted by Gasteiger charge is 2.23. The molecule has 1 aliphatic carbocycles. The molecule has 14 heavy (non-hydrogen) atoms. The van der Waals surface area contributed by atoms with Crippen molar-refractivity contribution in [3.8, 4) is 0 Å². The highest BCUT2D eigenvalue weighted by Crippen LogP contribution is 2.43. The maximum atomic E-state index is 6.22. The first-order chi connectivity index (χ1) is 6.81. The number of nitrogens with one attached hydrogen (secondary N) is 1. The average Bonchev–Trinajstić information content (AvgIpc) is 2.42. The van der Waals surface area contributed by atoms with E-state index in [0.717, 1.165) is 23.9 Å². The first-order valence-corrected chi connectivity index (χ1v) is 6.43. The summed E-state index contributed by atoms with van der Waals surface area (Å²) in [7, 11) is 1.99. The molecule has 0 atom stereocenters. The molecular weight excluding hydrogens is 214 g/mol. The van der Waals surface area contributed by atoms with Crippen LogP contribution in [0.15, 0.2) is 6.07 Å². The summed E-state index contributed by atoms with van der Waals surface area (Å²) in [6.45, 7) is 1.04. The van der Waals surface area contributed by atoms with Gasteiger partial charge in [0.25, 0.3) is 0 Å². The van der Waals surface area contributed by atoms with Crippen molar-refractivity contribution in [2.45, 2.75) is 31.6 Å². The smallest absolute Gasteiger partial charge is 0.0550 e. The van der Waals surface area contributed by atoms with Gasteiger partial charge in [-0.15, -0.1) is 11.3 Å². The topological polar surface area (TPSA) is 12.0 Å². The standard InChI is InChI=1S/C11H16ClNS/c1-13-6-5-9-7-10(12)11(14-9)8-3-2-4-8/h7-8,13H,2-6H2,1H3. The van der Waals surface area contributed by atoms with Crippen LogP contribution in [0.2, 0.25) is 5.02 Å². The monoisotopic (exact) mass is 229 g/mol. The first-order valence-electron chi connectivity index (χ1n) is 5.24. The lowest BCUT2D eigenvalue weighted by Crippen LogP contribution is -2.09. The second-order valence-corrected chi connectivity index (χ2v) is 5.48. The highest BCUT2D eigenvalue weighted by molar-refractivity contribution is 7.12. The van der Waals surface area contributed by atoms with Crippen molar-refractivity contribution in [2.75, 3.05) is 13.6 Å². The zero-order valence-corrected chi connectivity index (χ0v) is 10.0. The third kappa shape index (κ3) is 2.13. The van der Waals surface area contributed by atoms with Gasteiger partial charge in [-0.3, -0.25) is 0 Å². The Bertz CT molecular complexity index is 304. The van der Waals surface area contributed by atoms with Gasteiger partial charge in [0.05, 0.1) is 5.02 Å². The molecule has 1 aromatic rings. The minimum atomic E-state index is 0.774. The molecule has 1 saturated carbocycles. The molecule has 1 aliphatic rings. The Labute approximate surface area is 94.5 Å². The molecule has 1 heterocycles. The highest BCUT2D eigenvalue weighted by atomic mass is 35.5. The summed E-state index contributed by atoms with van der Waals surface area (Å²) >= 11 is 8.13. The lowest BCUT2D eigenvalue weighted by atomic mass is 9.84. The zero-order valence-electron chi connectivity index (χ0n) is 8.48. The summed E-state index contributed by atoms with van der Waals surface area (Å²) in [5, 5.41) is 4.17. The molecule has 0 radical (unpaired) electrons. The minimum absolute atomic E-state index is 0.774. The SMILES string of the molecule is CNCCc1cc(Cl)c(C2CCC2)s1. The van der Waals surface area contributed by atoms with E-state index in [1.807, 2.05) is 18.4 Å². The quantitative estimate of drug-likeness (QED) is 0.834. The van der Waals surface area contributed by atoms with E-state index in [1.165, 1.54) is 29.0 Å². The van der Waals surface area contributed by atoms with Crippen LogP contribution in [0.1, 0.15) is 34.9 Å². The Morgan fingerprint density at radius 1 is 1.57 bits per heavy atom. The van der Waals surface area contributed by atoms with Crippen LogP contribution in [0.25, 0.3) is 0 Å². The lowest BCUT2D eigenvalue weighted by molar-refractivity contribution is 0.426. The second-order valence-electron chi connectivity index (χ2n) is 3.91. The summed E-state index contributed by atoms with van der Waals surface area (Å²) in [5.41, 5.74) is 0. The van der Waals surface area contributed by atoms with Gasteiger partial charge in [-0.25, -0.2) is 0 Å². The molecule has 1 fully saturated rings. The van der Waals surface area contributed by atoms with E-state index in [0.29, 0.717) is 0 Å². The fourth-order valence-electron chi connectivity index (χ4n) is 1.75. The molecule has 0 bridgehead atoms. The average molecular weight is 230 g/mol. The predicted molar refractivity (Wildman–Crippen MR) is 63.6 cm³/mol. The molecule has 0 saturated heterocycles. The van der Waals surface area contributed by atoms with Crippen molar-refractivity contribution in [3.63, 3.8) is 0 Å². The zero-order chi connectivity index (χ0) is 9.97. The molecule has 2 rings (SSSR count). The molecule has 78 valence electrons. The van der Waals surface area contributed by atoms with E-state index in [2.05, 4.69) is 11.4 Å². The normalized spacial score (nSPS) is 17.0. The summed E-state index contributed by atoms with van der Waals surface area (Å²) in [6, 6.07) is 2.15. The Kier molecular flexibility index (Phi) is 3.47. The Morgan fingerprint density at radius 2 is 2.36 bits per heavy atom. The van der Waals surface area contributed by atoms with Crippen LogP contribution in [0, 0.1) is 0 Å². The van der Waals surface area contributed by atoms with Gasteiger partial charge in [-0.2, -0.15) is 0 Å². The fourth-order valence-corrected chi connectivity index (χ4v) is 3.44. The van der Waals surface area contributed by atoms with Crippen molar-refractivity contribution in [1.29, 1.82) is 0 Å². The molecule has 1 nitrogen and oxygen atoms in total. The van der Waals surface area contributed by atoms with E-state index in [-0.39, 0.29) is 0 Å². The Morgan fingerprint density at radius 3 is 2.93 bits per heavy atom. The van der Waals surface area contributed by atoms with Gasteiger partial charge in [0.2, 0.25) is 0 Å². The molecule has 0 spiro atoms. The second kappa shape index (κ2) is 4.65. The number of halogens is 1. The van der Waals surface area contributed by atoms with Crippen LogP contribution in [0.4, 0.5) is 0 Å². The molecule has 1 aromatic heterocycles. The third-order valence-corrected chi connectivity index (χ3v) is 4.64. The number of thiophene rings is 1. The fraction of sp³-hybridized carbons (Fsp3) is 0.636. The first kappa shape index (κ1) is 10.5. The van der Waals surface area contributed by atoms with E-state index < -0.39 is 0 Å². The molecule has 0 unspecified atom stereocenters. The maximum Gasteiger partial charge on any atom is 0.0550 e. The predicted octanol–water partition coefficient (Wildman–Crippen LogP) is 3.43. The van der Waals surface area contributed by atoms with Crippen molar-refractivity contribution in [1.82, 2.24) is 5.32 Å². The van der Waals surface area contributed by atoms with Crippen molar-refractivity contribution in [3.05, 3.63) is 20.8 Å². The van der Waals surface area contributed by atoms with Crippen molar-refractivity contribution in [2.24, 2.45) is 0 Å². The molecule has 3 heteroatoms.